The van der Waals surface area contributed by atoms with Crippen molar-refractivity contribution in [2.75, 3.05) is 0 Å². The van der Waals surface area contributed by atoms with Crippen molar-refractivity contribution < 1.29 is 19.1 Å². The normalized spacial score (nSPS) is 55.6. The Hall–Kier alpha value is -1.58. The number of esters is 2. The van der Waals surface area contributed by atoms with Crippen LogP contribution in [0.15, 0.2) is 24.3 Å². The van der Waals surface area contributed by atoms with E-state index in [1.54, 1.807) is 0 Å². The van der Waals surface area contributed by atoms with E-state index in [0.29, 0.717) is 48.3 Å². The lowest BCUT2D eigenvalue weighted by Crippen LogP contribution is -2.53. The minimum atomic E-state index is 0.0574. The molecule has 0 unspecified atom stereocenters. The number of rotatable bonds is 6. The fraction of sp³-hybridized carbons (Fsp3) is 0.824. The van der Waals surface area contributed by atoms with Gasteiger partial charge in [0.1, 0.15) is 12.2 Å². The molecule has 4 nitrogen and oxygen atoms in total. The zero-order valence-electron chi connectivity index (χ0n) is 22.8. The van der Waals surface area contributed by atoms with Crippen LogP contribution in [0.3, 0.4) is 0 Å². The van der Waals surface area contributed by atoms with Gasteiger partial charge in [0, 0.05) is 11.8 Å². The van der Waals surface area contributed by atoms with E-state index in [-0.39, 0.29) is 35.0 Å². The Morgan fingerprint density at radius 3 is 1.53 bits per heavy atom. The Kier molecular flexibility index (Phi) is 4.88. The van der Waals surface area contributed by atoms with E-state index in [4.69, 9.17) is 9.47 Å². The quantitative estimate of drug-likeness (QED) is 0.293. The molecule has 4 heteroatoms. The number of allylic oxidation sites excluding steroid dienone is 4. The molecule has 0 radical (unpaired) electrons. The van der Waals surface area contributed by atoms with Gasteiger partial charge in [0.15, 0.2) is 0 Å². The molecule has 8 bridgehead atoms. The molecule has 0 aromatic carbocycles. The van der Waals surface area contributed by atoms with Crippen LogP contribution in [-0.2, 0) is 19.1 Å². The number of ether oxygens (including phenoxy) is 2. The molecule has 8 saturated carbocycles. The third kappa shape index (κ3) is 3.39. The van der Waals surface area contributed by atoms with Crippen LogP contribution < -0.4 is 0 Å². The van der Waals surface area contributed by atoms with E-state index in [0.717, 1.165) is 42.9 Å². The fourth-order valence-electron chi connectivity index (χ4n) is 13.3. The Balaban J connectivity index is 0.867. The van der Waals surface area contributed by atoms with Gasteiger partial charge in [-0.1, -0.05) is 24.3 Å². The average Bonchev–Trinajstić information content (AvgIpc) is 3.66. The van der Waals surface area contributed by atoms with Crippen molar-refractivity contribution in [1.82, 2.24) is 0 Å². The first kappa shape index (κ1) is 23.2. The maximum Gasteiger partial charge on any atom is 0.306 e. The van der Waals surface area contributed by atoms with E-state index in [1.165, 1.54) is 57.8 Å². The van der Waals surface area contributed by atoms with Crippen molar-refractivity contribution in [2.24, 2.45) is 70.0 Å². The van der Waals surface area contributed by atoms with Crippen LogP contribution in [0.5, 0.6) is 0 Å². The molecule has 0 aromatic heterocycles. The van der Waals surface area contributed by atoms with Crippen LogP contribution in [0.2, 0.25) is 0 Å². The second-order valence-electron chi connectivity index (χ2n) is 15.9. The van der Waals surface area contributed by atoms with E-state index in [2.05, 4.69) is 24.3 Å². The van der Waals surface area contributed by atoms with E-state index in [1.807, 2.05) is 0 Å². The Morgan fingerprint density at radius 2 is 1.05 bits per heavy atom. The Labute approximate surface area is 227 Å². The third-order valence-corrected chi connectivity index (χ3v) is 13.7. The summed E-state index contributed by atoms with van der Waals surface area (Å²) in [5, 5.41) is 0. The Bertz CT molecular complexity index is 1010. The second-order valence-corrected chi connectivity index (χ2v) is 15.9. The van der Waals surface area contributed by atoms with Gasteiger partial charge in [-0.15, -0.1) is 0 Å². The first-order chi connectivity index (χ1) is 18.4. The summed E-state index contributed by atoms with van der Waals surface area (Å²) in [5.74, 6) is 6.90. The number of carbonyl (C=O) groups excluding carboxylic acids is 2. The van der Waals surface area contributed by atoms with Gasteiger partial charge in [-0.3, -0.25) is 9.59 Å². The maximum absolute atomic E-state index is 13.5. The first-order valence-electron chi connectivity index (χ1n) is 16.2. The predicted octanol–water partition coefficient (Wildman–Crippen LogP) is 6.64. The van der Waals surface area contributed by atoms with Gasteiger partial charge in [0.05, 0.1) is 12.8 Å². The molecule has 0 aromatic rings. The van der Waals surface area contributed by atoms with Crippen LogP contribution in [-0.4, -0.2) is 24.1 Å². The lowest BCUT2D eigenvalue weighted by Gasteiger charge is -2.62. The summed E-state index contributed by atoms with van der Waals surface area (Å²) < 4.78 is 12.6. The highest BCUT2D eigenvalue weighted by molar-refractivity contribution is 5.72. The first-order valence-corrected chi connectivity index (χ1v) is 16.2. The number of carbonyl (C=O) groups is 2. The lowest BCUT2D eigenvalue weighted by atomic mass is 9.43. The maximum atomic E-state index is 13.5. The summed E-state index contributed by atoms with van der Waals surface area (Å²) in [6.45, 7) is 0. The van der Waals surface area contributed by atoms with Crippen molar-refractivity contribution in [2.45, 2.75) is 102 Å². The molecule has 0 N–H and O–H groups in total. The SMILES string of the molecule is O=C(CC12CC3CC(C1)CC(CC(=O)O[C@H]1CC[C@@H]4[C@H]1[C@@H]1C=C[C@H]4C1)(C3)C2)O[C@H]1CC[C@@H]2[C@H]1[C@@H]1C=C[C@H]2C1. The zero-order valence-corrected chi connectivity index (χ0v) is 22.8. The highest BCUT2D eigenvalue weighted by Gasteiger charge is 2.60. The molecule has 0 spiro atoms. The van der Waals surface area contributed by atoms with E-state index < -0.39 is 0 Å². The summed E-state index contributed by atoms with van der Waals surface area (Å²) in [6, 6.07) is 0. The standard InChI is InChI=1S/C34H44O4/c35-29(37-27-7-5-25-21-1-3-23(10-21)31(25)27)16-33-12-19-9-20(13-33)15-34(14-19,18-33)17-30(36)38-28-8-6-26-22-2-4-24(11-22)32(26)28/h1-4,19-28,31-32H,5-18H2/t19?,20?,21-,22-,23+,24+,25-,26-,27-,28-,31+,32+,33?,34?/m0/s1. The molecule has 38 heavy (non-hydrogen) atoms. The molecule has 0 aliphatic heterocycles. The Morgan fingerprint density at radius 1 is 0.605 bits per heavy atom. The number of hydrogen-bond donors (Lipinski definition) is 0. The minimum Gasteiger partial charge on any atom is -0.462 e. The summed E-state index contributed by atoms with van der Waals surface area (Å²) in [6.07, 6.45) is 25.3. The predicted molar refractivity (Wildman–Crippen MR) is 142 cm³/mol. The molecule has 10 aliphatic rings. The molecular formula is C34H44O4. The van der Waals surface area contributed by atoms with Crippen molar-refractivity contribution in [3.8, 4) is 0 Å². The molecule has 10 aliphatic carbocycles. The topological polar surface area (TPSA) is 52.6 Å². The molecule has 10 atom stereocenters. The monoisotopic (exact) mass is 516 g/mol. The van der Waals surface area contributed by atoms with Crippen molar-refractivity contribution in [3.63, 3.8) is 0 Å². The van der Waals surface area contributed by atoms with Crippen LogP contribution in [0.1, 0.15) is 89.9 Å². The van der Waals surface area contributed by atoms with Crippen LogP contribution in [0, 0.1) is 70.0 Å². The largest absolute Gasteiger partial charge is 0.462 e. The van der Waals surface area contributed by atoms with Gasteiger partial charge in [0.25, 0.3) is 0 Å². The van der Waals surface area contributed by atoms with Crippen LogP contribution in [0.25, 0.3) is 0 Å². The summed E-state index contributed by atoms with van der Waals surface area (Å²) in [4.78, 5) is 26.9. The van der Waals surface area contributed by atoms with Crippen LogP contribution >= 0.6 is 0 Å². The van der Waals surface area contributed by atoms with Gasteiger partial charge in [-0.2, -0.15) is 0 Å². The number of fused-ring (bicyclic) bond motifs is 10. The zero-order chi connectivity index (χ0) is 25.2. The molecule has 0 saturated heterocycles. The molecule has 10 rings (SSSR count). The van der Waals surface area contributed by atoms with E-state index in [9.17, 15) is 9.59 Å². The fourth-order valence-corrected chi connectivity index (χ4v) is 13.3. The highest BCUT2D eigenvalue weighted by Crippen LogP contribution is 2.68. The highest BCUT2D eigenvalue weighted by atomic mass is 16.5. The summed E-state index contributed by atoms with van der Waals surface area (Å²) in [5.41, 5.74) is 0.115. The molecule has 204 valence electrons. The summed E-state index contributed by atoms with van der Waals surface area (Å²) >= 11 is 0. The average molecular weight is 517 g/mol. The van der Waals surface area contributed by atoms with Crippen molar-refractivity contribution in [1.29, 1.82) is 0 Å². The van der Waals surface area contributed by atoms with Gasteiger partial charge in [-0.25, -0.2) is 0 Å². The number of hydrogen-bond acceptors (Lipinski definition) is 4. The van der Waals surface area contributed by atoms with Gasteiger partial charge in [0.2, 0.25) is 0 Å². The van der Waals surface area contributed by atoms with Gasteiger partial charge in [-0.05, 0) is 135 Å². The minimum absolute atomic E-state index is 0.0574. The second kappa shape index (κ2) is 8.00. The molecule has 0 heterocycles. The van der Waals surface area contributed by atoms with Gasteiger partial charge >= 0.3 is 11.9 Å². The van der Waals surface area contributed by atoms with Crippen LogP contribution in [0.4, 0.5) is 0 Å². The van der Waals surface area contributed by atoms with E-state index >= 15 is 0 Å². The molecule has 8 fully saturated rings. The molecule has 0 amide bonds. The summed E-state index contributed by atoms with van der Waals surface area (Å²) in [7, 11) is 0. The van der Waals surface area contributed by atoms with Crippen molar-refractivity contribution in [3.05, 3.63) is 24.3 Å². The third-order valence-electron chi connectivity index (χ3n) is 13.7. The lowest BCUT2D eigenvalue weighted by molar-refractivity contribution is -0.172. The van der Waals surface area contributed by atoms with Crippen molar-refractivity contribution >= 4 is 11.9 Å². The van der Waals surface area contributed by atoms with Gasteiger partial charge < -0.3 is 9.47 Å². The molecular weight excluding hydrogens is 472 g/mol. The smallest absolute Gasteiger partial charge is 0.306 e.